The maximum Gasteiger partial charge on any atom is 0.338 e. The number of hydrogen-bond donors (Lipinski definition) is 0. The van der Waals surface area contributed by atoms with Crippen molar-refractivity contribution >= 4 is 32.7 Å². The van der Waals surface area contributed by atoms with E-state index in [0.717, 1.165) is 11.4 Å². The van der Waals surface area contributed by atoms with E-state index in [2.05, 4.69) is 9.97 Å². The Kier molecular flexibility index (Phi) is 5.64. The zero-order valence-corrected chi connectivity index (χ0v) is 17.0. The van der Waals surface area contributed by atoms with Gasteiger partial charge >= 0.3 is 5.97 Å². The van der Waals surface area contributed by atoms with Crippen molar-refractivity contribution in [3.63, 3.8) is 0 Å². The molecule has 3 rings (SSSR count). The number of fused-ring (bicyclic) bond motifs is 1. The molecule has 0 aliphatic carbocycles. The fraction of sp³-hybridized carbons (Fsp3) is 0.474. The van der Waals surface area contributed by atoms with Crippen LogP contribution in [0.25, 0.3) is 11.0 Å². The van der Waals surface area contributed by atoms with Gasteiger partial charge in [0.1, 0.15) is 0 Å². The largest absolute Gasteiger partial charge is 0.452 e. The van der Waals surface area contributed by atoms with E-state index in [4.69, 9.17) is 4.74 Å². The summed E-state index contributed by atoms with van der Waals surface area (Å²) >= 11 is 0. The fourth-order valence-electron chi connectivity index (χ4n) is 3.31. The Balaban J connectivity index is 1.66. The Labute approximate surface area is 163 Å². The predicted octanol–water partition coefficient (Wildman–Crippen LogP) is 1.44. The molecule has 1 saturated heterocycles. The van der Waals surface area contributed by atoms with Gasteiger partial charge in [0.25, 0.3) is 5.91 Å². The fourth-order valence-corrected chi connectivity index (χ4v) is 5.04. The van der Waals surface area contributed by atoms with E-state index in [-0.39, 0.29) is 23.1 Å². The van der Waals surface area contributed by atoms with Crippen LogP contribution < -0.4 is 0 Å². The molecule has 1 aliphatic heterocycles. The van der Waals surface area contributed by atoms with Crippen LogP contribution in [-0.2, 0) is 19.4 Å². The smallest absolute Gasteiger partial charge is 0.338 e. The monoisotopic (exact) mass is 405 g/mol. The highest BCUT2D eigenvalue weighted by atomic mass is 32.2. The van der Waals surface area contributed by atoms with E-state index >= 15 is 0 Å². The van der Waals surface area contributed by atoms with E-state index in [0.29, 0.717) is 24.0 Å². The Morgan fingerprint density at radius 1 is 1.18 bits per heavy atom. The molecule has 1 aromatic carbocycles. The van der Waals surface area contributed by atoms with Gasteiger partial charge in [-0.05, 0) is 45.4 Å². The molecule has 1 atom stereocenters. The van der Waals surface area contributed by atoms with Crippen molar-refractivity contribution in [3.05, 3.63) is 35.2 Å². The Bertz CT molecular complexity index is 1040. The van der Waals surface area contributed by atoms with E-state index in [1.165, 1.54) is 4.90 Å². The van der Waals surface area contributed by atoms with Crippen LogP contribution in [-0.4, -0.2) is 65.9 Å². The highest BCUT2D eigenvalue weighted by molar-refractivity contribution is 7.91. The molecule has 150 valence electrons. The van der Waals surface area contributed by atoms with Crippen LogP contribution in [0.15, 0.2) is 18.2 Å². The van der Waals surface area contributed by atoms with Gasteiger partial charge in [0.2, 0.25) is 0 Å². The van der Waals surface area contributed by atoms with E-state index in [1.807, 2.05) is 13.8 Å². The third-order valence-corrected chi connectivity index (χ3v) is 6.70. The standard InChI is InChI=1S/C19H23N3O5S/c1-4-22(15-7-8-28(25,26)11-15)18(23)10-27-19(24)14-5-6-16-17(9-14)21-13(3)12(2)20-16/h5-6,9,15H,4,7-8,10-11H2,1-3H3/t15-/m1/s1. The predicted molar refractivity (Wildman–Crippen MR) is 104 cm³/mol. The number of sulfone groups is 1. The number of esters is 1. The SMILES string of the molecule is CCN(C(=O)COC(=O)c1ccc2nc(C)c(C)nc2c1)[C@@H]1CCS(=O)(=O)C1. The Morgan fingerprint density at radius 3 is 2.46 bits per heavy atom. The molecule has 0 radical (unpaired) electrons. The lowest BCUT2D eigenvalue weighted by molar-refractivity contribution is -0.136. The Morgan fingerprint density at radius 2 is 1.86 bits per heavy atom. The average Bonchev–Trinajstić information content (AvgIpc) is 3.00. The van der Waals surface area contributed by atoms with Gasteiger partial charge in [-0.25, -0.2) is 23.2 Å². The number of hydrogen-bond acceptors (Lipinski definition) is 7. The minimum atomic E-state index is -3.10. The summed E-state index contributed by atoms with van der Waals surface area (Å²) in [5.74, 6) is -0.990. The second kappa shape index (κ2) is 7.83. The van der Waals surface area contributed by atoms with Crippen LogP contribution in [0.2, 0.25) is 0 Å². The molecule has 8 nitrogen and oxygen atoms in total. The summed E-state index contributed by atoms with van der Waals surface area (Å²) in [6, 6.07) is 4.50. The highest BCUT2D eigenvalue weighted by Crippen LogP contribution is 2.18. The number of likely N-dealkylation sites (N-methyl/N-ethyl adjacent to an activating group) is 1. The number of nitrogens with zero attached hydrogens (tertiary/aromatic N) is 3. The molecule has 9 heteroatoms. The number of rotatable bonds is 5. The van der Waals surface area contributed by atoms with Gasteiger partial charge in [-0.1, -0.05) is 0 Å². The average molecular weight is 405 g/mol. The van der Waals surface area contributed by atoms with E-state index in [9.17, 15) is 18.0 Å². The first-order chi connectivity index (χ1) is 13.2. The molecule has 2 heterocycles. The zero-order chi connectivity index (χ0) is 20.5. The molecule has 28 heavy (non-hydrogen) atoms. The minimum absolute atomic E-state index is 0.0390. The number of amides is 1. The van der Waals surface area contributed by atoms with E-state index < -0.39 is 28.3 Å². The van der Waals surface area contributed by atoms with Crippen molar-refractivity contribution in [2.75, 3.05) is 24.7 Å². The summed E-state index contributed by atoms with van der Waals surface area (Å²) < 4.78 is 28.5. The van der Waals surface area contributed by atoms with Crippen LogP contribution in [0, 0.1) is 13.8 Å². The summed E-state index contributed by atoms with van der Waals surface area (Å²) in [6.07, 6.45) is 0.415. The van der Waals surface area contributed by atoms with Crippen molar-refractivity contribution in [1.82, 2.24) is 14.9 Å². The molecule has 0 N–H and O–H groups in total. The second-order valence-corrected chi connectivity index (χ2v) is 9.14. The topological polar surface area (TPSA) is 107 Å². The first kappa shape index (κ1) is 20.2. The van der Waals surface area contributed by atoms with Crippen molar-refractivity contribution in [2.45, 2.75) is 33.2 Å². The first-order valence-corrected chi connectivity index (χ1v) is 10.9. The molecule has 1 aliphatic rings. The number of aromatic nitrogens is 2. The lowest BCUT2D eigenvalue weighted by atomic mass is 10.2. The molecule has 2 aromatic rings. The van der Waals surface area contributed by atoms with Gasteiger partial charge in [0, 0.05) is 12.6 Å². The van der Waals surface area contributed by atoms with Crippen LogP contribution in [0.5, 0.6) is 0 Å². The van der Waals surface area contributed by atoms with Crippen molar-refractivity contribution < 1.29 is 22.7 Å². The molecule has 0 spiro atoms. The summed E-state index contributed by atoms with van der Waals surface area (Å²) in [5, 5.41) is 0. The molecular weight excluding hydrogens is 382 g/mol. The van der Waals surface area contributed by atoms with Gasteiger partial charge in [0.05, 0.1) is 39.5 Å². The number of carbonyl (C=O) groups is 2. The van der Waals surface area contributed by atoms with Crippen LogP contribution in [0.3, 0.4) is 0 Å². The van der Waals surface area contributed by atoms with Crippen LogP contribution >= 0.6 is 0 Å². The molecule has 0 unspecified atom stereocenters. The third-order valence-electron chi connectivity index (χ3n) is 4.95. The first-order valence-electron chi connectivity index (χ1n) is 9.12. The highest BCUT2D eigenvalue weighted by Gasteiger charge is 2.34. The van der Waals surface area contributed by atoms with Gasteiger partial charge in [0.15, 0.2) is 16.4 Å². The number of aryl methyl sites for hydroxylation is 2. The lowest BCUT2D eigenvalue weighted by Crippen LogP contribution is -2.43. The molecule has 1 amide bonds. The van der Waals surface area contributed by atoms with Crippen LogP contribution in [0.1, 0.15) is 35.1 Å². The van der Waals surface area contributed by atoms with Crippen LogP contribution in [0.4, 0.5) is 0 Å². The quantitative estimate of drug-likeness (QED) is 0.693. The van der Waals surface area contributed by atoms with Gasteiger partial charge in [-0.15, -0.1) is 0 Å². The summed E-state index contributed by atoms with van der Waals surface area (Å²) in [7, 11) is -3.10. The minimum Gasteiger partial charge on any atom is -0.452 e. The molecule has 1 fully saturated rings. The van der Waals surface area contributed by atoms with Crippen molar-refractivity contribution in [2.24, 2.45) is 0 Å². The number of benzene rings is 1. The molecule has 0 bridgehead atoms. The second-order valence-electron chi connectivity index (χ2n) is 6.91. The van der Waals surface area contributed by atoms with Gasteiger partial charge in [-0.3, -0.25) is 4.79 Å². The molecule has 1 aromatic heterocycles. The number of carbonyl (C=O) groups excluding carboxylic acids is 2. The zero-order valence-electron chi connectivity index (χ0n) is 16.1. The maximum atomic E-state index is 12.4. The van der Waals surface area contributed by atoms with Gasteiger partial charge in [-0.2, -0.15) is 0 Å². The molecule has 0 saturated carbocycles. The summed E-state index contributed by atoms with van der Waals surface area (Å²) in [5.41, 5.74) is 3.13. The van der Waals surface area contributed by atoms with Crippen molar-refractivity contribution in [3.8, 4) is 0 Å². The van der Waals surface area contributed by atoms with E-state index in [1.54, 1.807) is 25.1 Å². The summed E-state index contributed by atoms with van der Waals surface area (Å²) in [4.78, 5) is 35.1. The van der Waals surface area contributed by atoms with Gasteiger partial charge < -0.3 is 9.64 Å². The lowest BCUT2D eigenvalue weighted by Gasteiger charge is -2.26. The Hall–Kier alpha value is -2.55. The summed E-state index contributed by atoms with van der Waals surface area (Å²) in [6.45, 7) is 5.41. The van der Waals surface area contributed by atoms with Crippen molar-refractivity contribution in [1.29, 1.82) is 0 Å². The normalized spacial score (nSPS) is 18.2. The maximum absolute atomic E-state index is 12.4. The third kappa shape index (κ3) is 4.30. The molecular formula is C19H23N3O5S. The number of ether oxygens (including phenoxy) is 1.